The normalized spacial score (nSPS) is 30.2. The fourth-order valence-electron chi connectivity index (χ4n) is 7.57. The van der Waals surface area contributed by atoms with Gasteiger partial charge in [0.1, 0.15) is 22.9 Å². The first-order valence-electron chi connectivity index (χ1n) is 14.3. The Bertz CT molecular complexity index is 1930. The molecule has 2 aliphatic heterocycles. The monoisotopic (exact) mass is 664 g/mol. The van der Waals surface area contributed by atoms with Crippen molar-refractivity contribution in [2.75, 3.05) is 9.80 Å². The van der Waals surface area contributed by atoms with E-state index in [4.69, 9.17) is 23.2 Å². The number of halogens is 3. The SMILES string of the molecule is O=C(O)c1ccc(N2C(=O)[C@H]3[C@H](CC=C4[C@H]3C[C@@]3(Cl)C(=O)N(c5ccc(F)cc5)C(=O)[C@@]3(Cl)[C@H]4c3ccccc3O)C2=O)cc1O. The van der Waals surface area contributed by atoms with Crippen molar-refractivity contribution >= 4 is 64.2 Å². The maximum atomic E-state index is 14.3. The molecule has 0 aromatic heterocycles. The van der Waals surface area contributed by atoms with Gasteiger partial charge in [-0.25, -0.2) is 19.0 Å². The van der Waals surface area contributed by atoms with Gasteiger partial charge in [-0.2, -0.15) is 0 Å². The number of rotatable bonds is 4. The Balaban J connectivity index is 1.37. The number of para-hydroxylation sites is 1. The van der Waals surface area contributed by atoms with E-state index >= 15 is 0 Å². The minimum absolute atomic E-state index is 0.0274. The lowest BCUT2D eigenvalue weighted by atomic mass is 9.56. The summed E-state index contributed by atoms with van der Waals surface area (Å²) in [5, 5.41) is 30.6. The number of nitrogens with zero attached hydrogens (tertiary/aromatic N) is 2. The van der Waals surface area contributed by atoms with Crippen LogP contribution in [0, 0.1) is 23.6 Å². The molecule has 2 aliphatic carbocycles. The number of carboxylic acid groups (broad SMARTS) is 1. The molecule has 0 spiro atoms. The Hall–Kier alpha value is -4.74. The number of anilines is 2. The molecule has 7 rings (SSSR count). The zero-order valence-electron chi connectivity index (χ0n) is 23.6. The summed E-state index contributed by atoms with van der Waals surface area (Å²) in [6, 6.07) is 14.1. The van der Waals surface area contributed by atoms with Gasteiger partial charge in [-0.15, -0.1) is 23.2 Å². The number of carboxylic acids is 1. The van der Waals surface area contributed by atoms with E-state index in [2.05, 4.69) is 0 Å². The second-order valence-electron chi connectivity index (χ2n) is 11.8. The number of aromatic hydroxyl groups is 2. The van der Waals surface area contributed by atoms with E-state index in [-0.39, 0.29) is 35.5 Å². The van der Waals surface area contributed by atoms with Crippen LogP contribution in [0.15, 0.2) is 78.4 Å². The molecule has 4 amide bonds. The minimum atomic E-state index is -2.20. The Labute approximate surface area is 270 Å². The van der Waals surface area contributed by atoms with E-state index in [1.165, 1.54) is 30.3 Å². The lowest BCUT2D eigenvalue weighted by Gasteiger charge is -2.50. The fourth-order valence-corrected chi connectivity index (χ4v) is 8.50. The first kappa shape index (κ1) is 29.9. The van der Waals surface area contributed by atoms with Crippen LogP contribution < -0.4 is 9.80 Å². The summed E-state index contributed by atoms with van der Waals surface area (Å²) < 4.78 is 13.8. The smallest absolute Gasteiger partial charge is 0.339 e. The number of hydrogen-bond donors (Lipinski definition) is 3. The lowest BCUT2D eigenvalue weighted by Crippen LogP contribution is -2.60. The summed E-state index contributed by atoms with van der Waals surface area (Å²) >= 11 is 14.5. The first-order valence-corrected chi connectivity index (χ1v) is 15.0. The summed E-state index contributed by atoms with van der Waals surface area (Å²) in [6.07, 6.45) is 1.42. The van der Waals surface area contributed by atoms with Crippen molar-refractivity contribution < 1.29 is 43.7 Å². The fraction of sp³-hybridized carbons (Fsp3) is 0.242. The lowest BCUT2D eigenvalue weighted by molar-refractivity contribution is -0.125. The molecule has 10 nitrogen and oxygen atoms in total. The summed E-state index contributed by atoms with van der Waals surface area (Å²) in [5.74, 6) is -10.0. The standard InChI is InChI=1S/C33H23Cl2FN2O8/c34-32-14-22-18(11-12-21-25(22)28(42)37(27(21)41)17-9-10-20(29(43)44)24(40)13-17)26(19-3-1-2-4-23(19)39)33(32,35)31(46)38(30(32)45)16-7-5-15(36)6-8-16/h1-11,13,21-22,25-26,39-40H,12,14H2,(H,43,44)/t21-,22+,25-,26+,32+,33-/m0/s1. The zero-order valence-corrected chi connectivity index (χ0v) is 25.1. The van der Waals surface area contributed by atoms with Gasteiger partial charge < -0.3 is 15.3 Å². The predicted octanol–water partition coefficient (Wildman–Crippen LogP) is 4.70. The van der Waals surface area contributed by atoms with Crippen molar-refractivity contribution in [1.82, 2.24) is 0 Å². The number of phenolic OH excluding ortho intramolecular Hbond substituents is 1. The molecule has 0 radical (unpaired) electrons. The van der Waals surface area contributed by atoms with E-state index in [0.717, 1.165) is 34.1 Å². The van der Waals surface area contributed by atoms with Crippen LogP contribution in [0.2, 0.25) is 0 Å². The number of imide groups is 2. The third-order valence-electron chi connectivity index (χ3n) is 9.61. The highest BCUT2D eigenvalue weighted by Gasteiger charge is 2.77. The van der Waals surface area contributed by atoms with Gasteiger partial charge in [0.2, 0.25) is 11.8 Å². The Kier molecular flexibility index (Phi) is 6.60. The molecular weight excluding hydrogens is 642 g/mol. The first-order chi connectivity index (χ1) is 21.8. The molecule has 46 heavy (non-hydrogen) atoms. The predicted molar refractivity (Wildman–Crippen MR) is 162 cm³/mol. The highest BCUT2D eigenvalue weighted by Crippen LogP contribution is 2.66. The Morgan fingerprint density at radius 1 is 0.826 bits per heavy atom. The number of hydrogen-bond acceptors (Lipinski definition) is 7. The molecule has 4 aliphatic rings. The maximum Gasteiger partial charge on any atom is 0.339 e. The molecule has 13 heteroatoms. The molecule has 6 atom stereocenters. The number of alkyl halides is 2. The van der Waals surface area contributed by atoms with Crippen molar-refractivity contribution in [1.29, 1.82) is 0 Å². The average molecular weight is 665 g/mol. The van der Waals surface area contributed by atoms with Crippen molar-refractivity contribution in [2.45, 2.75) is 28.5 Å². The highest BCUT2D eigenvalue weighted by molar-refractivity contribution is 6.58. The van der Waals surface area contributed by atoms with Crippen LogP contribution in [0.3, 0.4) is 0 Å². The van der Waals surface area contributed by atoms with Gasteiger partial charge in [-0.3, -0.25) is 19.2 Å². The summed E-state index contributed by atoms with van der Waals surface area (Å²) in [5.41, 5.74) is 0.202. The van der Waals surface area contributed by atoms with E-state index < -0.39 is 80.1 Å². The number of carbonyl (C=O) groups is 5. The van der Waals surface area contributed by atoms with Gasteiger partial charge >= 0.3 is 5.97 Å². The van der Waals surface area contributed by atoms with Crippen molar-refractivity contribution in [3.63, 3.8) is 0 Å². The number of carbonyl (C=O) groups excluding carboxylic acids is 4. The van der Waals surface area contributed by atoms with E-state index in [0.29, 0.717) is 5.57 Å². The number of fused-ring (bicyclic) bond motifs is 4. The van der Waals surface area contributed by atoms with Crippen LogP contribution in [0.5, 0.6) is 11.5 Å². The van der Waals surface area contributed by atoms with Gasteiger partial charge in [0.25, 0.3) is 11.8 Å². The third kappa shape index (κ3) is 3.84. The summed E-state index contributed by atoms with van der Waals surface area (Å²) in [4.78, 5) is 65.1. The maximum absolute atomic E-state index is 14.3. The number of phenols is 2. The van der Waals surface area contributed by atoms with Crippen molar-refractivity contribution in [2.24, 2.45) is 17.8 Å². The molecule has 3 N–H and O–H groups in total. The van der Waals surface area contributed by atoms with Crippen molar-refractivity contribution in [3.8, 4) is 11.5 Å². The van der Waals surface area contributed by atoms with Gasteiger partial charge in [0.15, 0.2) is 9.75 Å². The highest BCUT2D eigenvalue weighted by atomic mass is 35.5. The Morgan fingerprint density at radius 3 is 2.15 bits per heavy atom. The van der Waals surface area contributed by atoms with Gasteiger partial charge in [-0.1, -0.05) is 29.8 Å². The number of benzene rings is 3. The molecular formula is C33H23Cl2FN2O8. The number of allylic oxidation sites excluding steroid dienone is 2. The topological polar surface area (TPSA) is 153 Å². The number of amides is 4. The average Bonchev–Trinajstić information content (AvgIpc) is 3.36. The zero-order chi connectivity index (χ0) is 32.9. The summed E-state index contributed by atoms with van der Waals surface area (Å²) in [6.45, 7) is 0. The van der Waals surface area contributed by atoms with E-state index in [1.807, 2.05) is 0 Å². The van der Waals surface area contributed by atoms with Gasteiger partial charge in [0.05, 0.1) is 23.2 Å². The van der Waals surface area contributed by atoms with E-state index in [9.17, 15) is 43.7 Å². The minimum Gasteiger partial charge on any atom is -0.508 e. The van der Waals surface area contributed by atoms with Gasteiger partial charge in [-0.05, 0) is 61.2 Å². The molecule has 2 saturated heterocycles. The Morgan fingerprint density at radius 2 is 1.50 bits per heavy atom. The van der Waals surface area contributed by atoms with Crippen LogP contribution in [0.4, 0.5) is 15.8 Å². The second-order valence-corrected chi connectivity index (χ2v) is 13.1. The van der Waals surface area contributed by atoms with Crippen LogP contribution in [0.1, 0.15) is 34.7 Å². The summed E-state index contributed by atoms with van der Waals surface area (Å²) in [7, 11) is 0. The van der Waals surface area contributed by atoms with Crippen LogP contribution in [-0.2, 0) is 19.2 Å². The molecule has 3 aromatic carbocycles. The molecule has 234 valence electrons. The van der Waals surface area contributed by atoms with Crippen molar-refractivity contribution in [3.05, 3.63) is 95.3 Å². The largest absolute Gasteiger partial charge is 0.508 e. The second kappa shape index (κ2) is 10.1. The molecule has 3 fully saturated rings. The van der Waals surface area contributed by atoms with Crippen LogP contribution >= 0.6 is 23.2 Å². The molecule has 0 bridgehead atoms. The molecule has 3 aromatic rings. The molecule has 1 saturated carbocycles. The molecule has 2 heterocycles. The third-order valence-corrected chi connectivity index (χ3v) is 11.0. The van der Waals surface area contributed by atoms with E-state index in [1.54, 1.807) is 18.2 Å². The number of aromatic carboxylic acids is 1. The van der Waals surface area contributed by atoms with Gasteiger partial charge in [0, 0.05) is 17.5 Å². The van der Waals surface area contributed by atoms with Crippen LogP contribution in [0.25, 0.3) is 0 Å². The molecule has 0 unspecified atom stereocenters. The quantitative estimate of drug-likeness (QED) is 0.206. The van der Waals surface area contributed by atoms with Crippen LogP contribution in [-0.4, -0.2) is 54.7 Å².